The molecule has 2 rings (SSSR count). The molecule has 0 saturated heterocycles. The van der Waals surface area contributed by atoms with E-state index in [-0.39, 0.29) is 18.9 Å². The number of para-hydroxylation sites is 1. The maximum atomic E-state index is 12.3. The van der Waals surface area contributed by atoms with Gasteiger partial charge in [0.05, 0.1) is 11.9 Å². The third-order valence-corrected chi connectivity index (χ3v) is 5.42. The second-order valence-electron chi connectivity index (χ2n) is 6.43. The summed E-state index contributed by atoms with van der Waals surface area (Å²) < 4.78 is 25.8. The fraction of sp³-hybridized carbons (Fsp3) is 0.350. The highest BCUT2D eigenvalue weighted by Crippen LogP contribution is 2.24. The molecule has 0 atom stereocenters. The summed E-state index contributed by atoms with van der Waals surface area (Å²) in [5.74, 6) is -0.204. The van der Waals surface area contributed by atoms with Gasteiger partial charge in [-0.1, -0.05) is 42.8 Å². The van der Waals surface area contributed by atoms with Crippen LogP contribution >= 0.6 is 0 Å². The minimum atomic E-state index is -3.48. The standard InChI is InChI=1S/C20H26N2O3S/c1-5-17-8-6-7-9-18(17)21-20(23)12-13-22(26(4,24)25)19-11-10-15(2)14-16(19)3/h6-11,14H,5,12-13H2,1-4H3,(H,21,23). The molecule has 1 amide bonds. The number of sulfonamides is 1. The highest BCUT2D eigenvalue weighted by molar-refractivity contribution is 7.92. The molecule has 1 N–H and O–H groups in total. The van der Waals surface area contributed by atoms with Gasteiger partial charge in [0, 0.05) is 18.7 Å². The van der Waals surface area contributed by atoms with Gasteiger partial charge in [0.15, 0.2) is 0 Å². The van der Waals surface area contributed by atoms with Gasteiger partial charge >= 0.3 is 0 Å². The van der Waals surface area contributed by atoms with Crippen LogP contribution in [0.1, 0.15) is 30.0 Å². The molecule has 5 nitrogen and oxygen atoms in total. The first kappa shape index (κ1) is 20.0. The molecule has 6 heteroatoms. The summed E-state index contributed by atoms with van der Waals surface area (Å²) >= 11 is 0. The van der Waals surface area contributed by atoms with Crippen molar-refractivity contribution < 1.29 is 13.2 Å². The number of carbonyl (C=O) groups is 1. The fourth-order valence-corrected chi connectivity index (χ4v) is 3.90. The SMILES string of the molecule is CCc1ccccc1NC(=O)CCN(c1ccc(C)cc1C)S(C)(=O)=O. The number of hydrogen-bond acceptors (Lipinski definition) is 3. The Hall–Kier alpha value is -2.34. The first-order chi connectivity index (χ1) is 12.2. The monoisotopic (exact) mass is 374 g/mol. The van der Waals surface area contributed by atoms with Crippen molar-refractivity contribution in [3.05, 3.63) is 59.2 Å². The minimum Gasteiger partial charge on any atom is -0.326 e. The average molecular weight is 375 g/mol. The molecule has 0 saturated carbocycles. The maximum absolute atomic E-state index is 12.3. The Kier molecular flexibility index (Phi) is 6.42. The van der Waals surface area contributed by atoms with Gasteiger partial charge in [-0.2, -0.15) is 0 Å². The van der Waals surface area contributed by atoms with Gasteiger partial charge < -0.3 is 5.32 Å². The molecule has 0 radical (unpaired) electrons. The summed E-state index contributed by atoms with van der Waals surface area (Å²) in [6.45, 7) is 5.96. The Balaban J connectivity index is 2.14. The second kappa shape index (κ2) is 8.36. The summed E-state index contributed by atoms with van der Waals surface area (Å²) in [6, 6.07) is 13.2. The Labute approximate surface area is 156 Å². The van der Waals surface area contributed by atoms with Crippen LogP contribution in [0.3, 0.4) is 0 Å². The molecule has 0 bridgehead atoms. The summed E-state index contributed by atoms with van der Waals surface area (Å²) in [7, 11) is -3.48. The quantitative estimate of drug-likeness (QED) is 0.804. The molecule has 2 aromatic rings. The lowest BCUT2D eigenvalue weighted by atomic mass is 10.1. The number of rotatable bonds is 7. The zero-order valence-electron chi connectivity index (χ0n) is 15.7. The number of nitrogens with zero attached hydrogens (tertiary/aromatic N) is 1. The van der Waals surface area contributed by atoms with Crippen LogP contribution in [0, 0.1) is 13.8 Å². The molecule has 2 aromatic carbocycles. The van der Waals surface area contributed by atoms with E-state index in [2.05, 4.69) is 5.32 Å². The van der Waals surface area contributed by atoms with Gasteiger partial charge in [-0.05, 0) is 43.5 Å². The summed E-state index contributed by atoms with van der Waals surface area (Å²) in [5.41, 5.74) is 4.37. The summed E-state index contributed by atoms with van der Waals surface area (Å²) in [5, 5.41) is 2.88. The topological polar surface area (TPSA) is 66.5 Å². The smallest absolute Gasteiger partial charge is 0.232 e. The predicted octanol–water partition coefficient (Wildman–Crippen LogP) is 3.66. The third kappa shape index (κ3) is 5.08. The van der Waals surface area contributed by atoms with E-state index in [9.17, 15) is 13.2 Å². The van der Waals surface area contributed by atoms with E-state index < -0.39 is 10.0 Å². The molecule has 0 spiro atoms. The van der Waals surface area contributed by atoms with Gasteiger partial charge in [0.1, 0.15) is 0 Å². The number of nitrogens with one attached hydrogen (secondary N) is 1. The lowest BCUT2D eigenvalue weighted by molar-refractivity contribution is -0.116. The van der Waals surface area contributed by atoms with Gasteiger partial charge in [-0.3, -0.25) is 9.10 Å². The Morgan fingerprint density at radius 2 is 1.81 bits per heavy atom. The molecular formula is C20H26N2O3S. The van der Waals surface area contributed by atoms with E-state index in [1.54, 1.807) is 6.07 Å². The zero-order valence-corrected chi connectivity index (χ0v) is 16.6. The lowest BCUT2D eigenvalue weighted by Gasteiger charge is -2.24. The van der Waals surface area contributed by atoms with Crippen molar-refractivity contribution in [3.63, 3.8) is 0 Å². The molecule has 0 aliphatic carbocycles. The van der Waals surface area contributed by atoms with E-state index >= 15 is 0 Å². The van der Waals surface area contributed by atoms with Crippen molar-refractivity contribution in [2.45, 2.75) is 33.6 Å². The van der Waals surface area contributed by atoms with Crippen LogP contribution < -0.4 is 9.62 Å². The molecule has 0 heterocycles. The highest BCUT2D eigenvalue weighted by atomic mass is 32.2. The van der Waals surface area contributed by atoms with Crippen LogP contribution in [-0.2, 0) is 21.2 Å². The van der Waals surface area contributed by atoms with Gasteiger partial charge in [-0.25, -0.2) is 8.42 Å². The number of carbonyl (C=O) groups excluding carboxylic acids is 1. The van der Waals surface area contributed by atoms with E-state index in [1.165, 1.54) is 4.31 Å². The molecule has 0 aliphatic rings. The van der Waals surface area contributed by atoms with E-state index in [0.717, 1.165) is 35.1 Å². The van der Waals surface area contributed by atoms with Gasteiger partial charge in [0.25, 0.3) is 0 Å². The number of benzene rings is 2. The van der Waals surface area contributed by atoms with Crippen molar-refractivity contribution in [1.29, 1.82) is 0 Å². The normalized spacial score (nSPS) is 11.2. The van der Waals surface area contributed by atoms with E-state index in [0.29, 0.717) is 5.69 Å². The van der Waals surface area contributed by atoms with Crippen molar-refractivity contribution in [1.82, 2.24) is 0 Å². The molecule has 26 heavy (non-hydrogen) atoms. The van der Waals surface area contributed by atoms with Crippen LogP contribution in [0.15, 0.2) is 42.5 Å². The second-order valence-corrected chi connectivity index (χ2v) is 8.34. The summed E-state index contributed by atoms with van der Waals surface area (Å²) in [4.78, 5) is 12.3. The van der Waals surface area contributed by atoms with Crippen LogP contribution in [0.2, 0.25) is 0 Å². The first-order valence-electron chi connectivity index (χ1n) is 8.65. The van der Waals surface area contributed by atoms with Crippen LogP contribution in [0.25, 0.3) is 0 Å². The largest absolute Gasteiger partial charge is 0.326 e. The predicted molar refractivity (Wildman–Crippen MR) is 107 cm³/mol. The number of anilines is 2. The summed E-state index contributed by atoms with van der Waals surface area (Å²) in [6.07, 6.45) is 2.06. The van der Waals surface area contributed by atoms with Crippen molar-refractivity contribution in [2.24, 2.45) is 0 Å². The minimum absolute atomic E-state index is 0.0818. The van der Waals surface area contributed by atoms with Crippen LogP contribution in [0.5, 0.6) is 0 Å². The third-order valence-electron chi connectivity index (χ3n) is 4.24. The van der Waals surface area contributed by atoms with Gasteiger partial charge in [-0.15, -0.1) is 0 Å². The molecule has 0 aliphatic heterocycles. The molecule has 0 aromatic heterocycles. The average Bonchev–Trinajstić information content (AvgIpc) is 2.56. The Morgan fingerprint density at radius 3 is 2.42 bits per heavy atom. The molecule has 0 fully saturated rings. The van der Waals surface area contributed by atoms with Crippen molar-refractivity contribution in [2.75, 3.05) is 22.4 Å². The molecule has 140 valence electrons. The zero-order chi connectivity index (χ0) is 19.3. The van der Waals surface area contributed by atoms with Crippen molar-refractivity contribution >= 4 is 27.3 Å². The van der Waals surface area contributed by atoms with Gasteiger partial charge in [0.2, 0.25) is 15.9 Å². The highest BCUT2D eigenvalue weighted by Gasteiger charge is 2.20. The van der Waals surface area contributed by atoms with Crippen LogP contribution in [-0.4, -0.2) is 27.1 Å². The molecular weight excluding hydrogens is 348 g/mol. The van der Waals surface area contributed by atoms with E-state index in [1.807, 2.05) is 57.2 Å². The maximum Gasteiger partial charge on any atom is 0.232 e. The Bertz CT molecular complexity index is 892. The van der Waals surface area contributed by atoms with E-state index in [4.69, 9.17) is 0 Å². The number of amides is 1. The van der Waals surface area contributed by atoms with Crippen LogP contribution in [0.4, 0.5) is 11.4 Å². The lowest BCUT2D eigenvalue weighted by Crippen LogP contribution is -2.33. The molecule has 0 unspecified atom stereocenters. The number of aryl methyl sites for hydroxylation is 3. The number of hydrogen-bond donors (Lipinski definition) is 1. The van der Waals surface area contributed by atoms with Crippen molar-refractivity contribution in [3.8, 4) is 0 Å². The Morgan fingerprint density at radius 1 is 1.12 bits per heavy atom. The fourth-order valence-electron chi connectivity index (χ4n) is 2.92. The first-order valence-corrected chi connectivity index (χ1v) is 10.5.